The number of Topliss-reactive ketones (excluding diaryl/α,β-unsaturated/α-hetero) is 1. The largest absolute Gasteiger partial charge is 0.356 e. The van der Waals surface area contributed by atoms with Crippen LogP contribution in [0.15, 0.2) is 60.7 Å². The molecule has 0 radical (unpaired) electrons. The maximum absolute atomic E-state index is 10.7. The van der Waals surface area contributed by atoms with Gasteiger partial charge in [-0.3, -0.25) is 4.79 Å². The first-order chi connectivity index (χ1) is 10.8. The molecule has 0 fully saturated rings. The number of unbranched alkanes of at least 4 members (excludes halogenated alkanes) is 2. The molecule has 0 aliphatic carbocycles. The zero-order valence-electron chi connectivity index (χ0n) is 13.7. The maximum atomic E-state index is 10.7. The lowest BCUT2D eigenvalue weighted by Crippen LogP contribution is -1.93. The Labute approximate surface area is 134 Å². The van der Waals surface area contributed by atoms with Crippen molar-refractivity contribution in [3.05, 3.63) is 60.7 Å². The van der Waals surface area contributed by atoms with Crippen molar-refractivity contribution in [1.29, 1.82) is 0 Å². The normalized spacial score (nSPS) is 9.55. The molecule has 2 rings (SSSR count). The number of ketones is 1. The molecule has 118 valence electrons. The molecule has 0 aromatic heterocycles. The summed E-state index contributed by atoms with van der Waals surface area (Å²) in [5.41, 5.74) is 2.24. The van der Waals surface area contributed by atoms with Gasteiger partial charge in [-0.25, -0.2) is 0 Å². The molecule has 2 nitrogen and oxygen atoms in total. The Hall–Kier alpha value is -2.09. The van der Waals surface area contributed by atoms with Crippen LogP contribution in [0.25, 0.3) is 0 Å². The van der Waals surface area contributed by atoms with Crippen LogP contribution in [0.1, 0.15) is 46.0 Å². The summed E-state index contributed by atoms with van der Waals surface area (Å²) in [5.74, 6) is 0.406. The second kappa shape index (κ2) is 11.6. The predicted octanol–water partition coefficient (Wildman–Crippen LogP) is 5.98. The van der Waals surface area contributed by atoms with Crippen LogP contribution in [0.3, 0.4) is 0 Å². The van der Waals surface area contributed by atoms with Crippen LogP contribution < -0.4 is 5.32 Å². The van der Waals surface area contributed by atoms with Gasteiger partial charge in [-0.2, -0.15) is 0 Å². The summed E-state index contributed by atoms with van der Waals surface area (Å²) in [6.45, 7) is 4.07. The standard InChI is InChI=1S/C12H11N.C8H16O/c1-3-7-11(8-4-1)13-12-9-5-2-6-10-12;1-3-5-6-7-8(9)4-2/h1-10,13H;3-7H2,1-2H3. The first kappa shape index (κ1) is 18.0. The molecule has 0 aliphatic heterocycles. The number of carbonyl (C=O) groups is 1. The minimum Gasteiger partial charge on any atom is -0.356 e. The van der Waals surface area contributed by atoms with E-state index in [0.29, 0.717) is 12.2 Å². The zero-order valence-corrected chi connectivity index (χ0v) is 13.7. The van der Waals surface area contributed by atoms with E-state index in [1.54, 1.807) is 0 Å². The summed E-state index contributed by atoms with van der Waals surface area (Å²) in [6, 6.07) is 20.3. The molecule has 0 spiro atoms. The fourth-order valence-electron chi connectivity index (χ4n) is 1.96. The van der Waals surface area contributed by atoms with Crippen molar-refractivity contribution in [3.8, 4) is 0 Å². The molecule has 0 atom stereocenters. The van der Waals surface area contributed by atoms with Crippen LogP contribution in [-0.4, -0.2) is 5.78 Å². The Morgan fingerprint density at radius 2 is 1.32 bits per heavy atom. The average Bonchev–Trinajstić information content (AvgIpc) is 2.57. The second-order valence-electron chi connectivity index (χ2n) is 5.21. The van der Waals surface area contributed by atoms with Gasteiger partial charge in [0.05, 0.1) is 0 Å². The minimum absolute atomic E-state index is 0.406. The van der Waals surface area contributed by atoms with Crippen LogP contribution in [0.2, 0.25) is 0 Å². The van der Waals surface area contributed by atoms with Crippen molar-refractivity contribution in [1.82, 2.24) is 0 Å². The molecule has 0 amide bonds. The molecular formula is C20H27NO. The number of benzene rings is 2. The predicted molar refractivity (Wildman–Crippen MR) is 95.6 cm³/mol. The Kier molecular flexibility index (Phi) is 9.43. The van der Waals surface area contributed by atoms with Crippen molar-refractivity contribution in [2.45, 2.75) is 46.0 Å². The highest BCUT2D eigenvalue weighted by Crippen LogP contribution is 2.14. The molecule has 0 bridgehead atoms. The van der Waals surface area contributed by atoms with Crippen LogP contribution >= 0.6 is 0 Å². The highest BCUT2D eigenvalue weighted by Gasteiger charge is 1.95. The summed E-state index contributed by atoms with van der Waals surface area (Å²) in [4.78, 5) is 10.7. The van der Waals surface area contributed by atoms with Crippen molar-refractivity contribution in [2.75, 3.05) is 5.32 Å². The van der Waals surface area contributed by atoms with E-state index in [0.717, 1.165) is 24.2 Å². The van der Waals surface area contributed by atoms with Gasteiger partial charge in [-0.05, 0) is 30.7 Å². The molecule has 0 saturated heterocycles. The molecule has 0 aliphatic rings. The SMILES string of the molecule is CCCCCC(=O)CC.c1ccc(Nc2ccccc2)cc1. The first-order valence-corrected chi connectivity index (χ1v) is 8.15. The number of nitrogens with one attached hydrogen (secondary N) is 1. The van der Waals surface area contributed by atoms with Crippen LogP contribution in [0.5, 0.6) is 0 Å². The Balaban J connectivity index is 0.000000239. The van der Waals surface area contributed by atoms with E-state index in [1.165, 1.54) is 12.8 Å². The van der Waals surface area contributed by atoms with Crippen LogP contribution in [-0.2, 0) is 4.79 Å². The van der Waals surface area contributed by atoms with Gasteiger partial charge in [-0.1, -0.05) is 63.1 Å². The number of anilines is 2. The first-order valence-electron chi connectivity index (χ1n) is 8.15. The number of carbonyl (C=O) groups excluding carboxylic acids is 1. The van der Waals surface area contributed by atoms with Gasteiger partial charge in [0.2, 0.25) is 0 Å². The van der Waals surface area contributed by atoms with E-state index in [2.05, 4.69) is 12.2 Å². The Morgan fingerprint density at radius 3 is 1.73 bits per heavy atom. The zero-order chi connectivity index (χ0) is 16.0. The molecule has 0 heterocycles. The Morgan fingerprint density at radius 1 is 0.818 bits per heavy atom. The molecule has 2 aromatic carbocycles. The summed E-state index contributed by atoms with van der Waals surface area (Å²) in [6.07, 6.45) is 5.00. The number of hydrogen-bond donors (Lipinski definition) is 1. The van der Waals surface area contributed by atoms with Gasteiger partial charge in [-0.15, -0.1) is 0 Å². The Bertz CT molecular complexity index is 470. The quantitative estimate of drug-likeness (QED) is 0.637. The van der Waals surface area contributed by atoms with Crippen molar-refractivity contribution in [3.63, 3.8) is 0 Å². The lowest BCUT2D eigenvalue weighted by atomic mass is 10.1. The molecule has 2 heteroatoms. The van der Waals surface area contributed by atoms with Crippen molar-refractivity contribution >= 4 is 17.2 Å². The third-order valence-corrected chi connectivity index (χ3v) is 3.29. The fraction of sp³-hybridized carbons (Fsp3) is 0.350. The van der Waals surface area contributed by atoms with Crippen LogP contribution in [0.4, 0.5) is 11.4 Å². The molecule has 2 aromatic rings. The van der Waals surface area contributed by atoms with Gasteiger partial charge in [0.15, 0.2) is 0 Å². The average molecular weight is 297 g/mol. The monoisotopic (exact) mass is 297 g/mol. The van der Waals surface area contributed by atoms with Gasteiger partial charge in [0.25, 0.3) is 0 Å². The van der Waals surface area contributed by atoms with Gasteiger partial charge < -0.3 is 5.32 Å². The third-order valence-electron chi connectivity index (χ3n) is 3.29. The summed E-state index contributed by atoms with van der Waals surface area (Å²) in [7, 11) is 0. The van der Waals surface area contributed by atoms with E-state index in [4.69, 9.17) is 0 Å². The number of rotatable bonds is 7. The lowest BCUT2D eigenvalue weighted by Gasteiger charge is -2.04. The molecule has 0 unspecified atom stereocenters. The fourth-order valence-corrected chi connectivity index (χ4v) is 1.96. The van der Waals surface area contributed by atoms with Gasteiger partial charge in [0.1, 0.15) is 5.78 Å². The summed E-state index contributed by atoms with van der Waals surface area (Å²) in [5, 5.41) is 3.30. The summed E-state index contributed by atoms with van der Waals surface area (Å²) < 4.78 is 0. The van der Waals surface area contributed by atoms with Gasteiger partial charge >= 0.3 is 0 Å². The van der Waals surface area contributed by atoms with Crippen molar-refractivity contribution < 1.29 is 4.79 Å². The van der Waals surface area contributed by atoms with E-state index in [9.17, 15) is 4.79 Å². The number of para-hydroxylation sites is 2. The smallest absolute Gasteiger partial charge is 0.132 e. The molecular weight excluding hydrogens is 270 g/mol. The highest BCUT2D eigenvalue weighted by atomic mass is 16.1. The van der Waals surface area contributed by atoms with E-state index >= 15 is 0 Å². The van der Waals surface area contributed by atoms with Crippen molar-refractivity contribution in [2.24, 2.45) is 0 Å². The third kappa shape index (κ3) is 8.25. The molecule has 0 saturated carbocycles. The highest BCUT2D eigenvalue weighted by molar-refractivity contribution is 5.77. The maximum Gasteiger partial charge on any atom is 0.132 e. The minimum atomic E-state index is 0.406. The summed E-state index contributed by atoms with van der Waals surface area (Å²) >= 11 is 0. The second-order valence-corrected chi connectivity index (χ2v) is 5.21. The molecule has 1 N–H and O–H groups in total. The lowest BCUT2D eigenvalue weighted by molar-refractivity contribution is -0.118. The topological polar surface area (TPSA) is 29.1 Å². The van der Waals surface area contributed by atoms with E-state index in [1.807, 2.05) is 67.6 Å². The van der Waals surface area contributed by atoms with E-state index < -0.39 is 0 Å². The van der Waals surface area contributed by atoms with Gasteiger partial charge in [0, 0.05) is 24.2 Å². The molecule has 22 heavy (non-hydrogen) atoms. The van der Waals surface area contributed by atoms with Crippen LogP contribution in [0, 0.1) is 0 Å². The number of hydrogen-bond acceptors (Lipinski definition) is 2. The van der Waals surface area contributed by atoms with E-state index in [-0.39, 0.29) is 0 Å².